The summed E-state index contributed by atoms with van der Waals surface area (Å²) < 4.78 is 14.2. The summed E-state index contributed by atoms with van der Waals surface area (Å²) in [4.78, 5) is 14.7. The minimum Gasteiger partial charge on any atom is -0.359 e. The molecule has 0 aliphatic carbocycles. The second kappa shape index (κ2) is 11.1. The van der Waals surface area contributed by atoms with Crippen molar-refractivity contribution in [2.75, 3.05) is 7.05 Å². The Hall–Kier alpha value is -2.62. The number of hydrogen-bond acceptors (Lipinski definition) is 1. The van der Waals surface area contributed by atoms with Gasteiger partial charge in [-0.05, 0) is 29.3 Å². The van der Waals surface area contributed by atoms with E-state index in [0.29, 0.717) is 5.52 Å². The molecule has 1 atom stereocenters. The number of H-pyrrole nitrogens is 1. The van der Waals surface area contributed by atoms with E-state index in [1.807, 2.05) is 70.2 Å². The molecule has 1 aromatic heterocycles. The van der Waals surface area contributed by atoms with Gasteiger partial charge in [0, 0.05) is 31.0 Å². The number of benzene rings is 2. The van der Waals surface area contributed by atoms with E-state index in [4.69, 9.17) is 0 Å². The molecule has 26 heavy (non-hydrogen) atoms. The van der Waals surface area contributed by atoms with E-state index in [1.54, 1.807) is 13.2 Å². The molecule has 0 fully saturated rings. The van der Waals surface area contributed by atoms with Crippen LogP contribution >= 0.6 is 0 Å². The molecule has 0 saturated carbocycles. The van der Waals surface area contributed by atoms with E-state index in [2.05, 4.69) is 10.3 Å². The van der Waals surface area contributed by atoms with Crippen molar-refractivity contribution in [2.24, 2.45) is 0 Å². The van der Waals surface area contributed by atoms with Crippen LogP contribution < -0.4 is 5.32 Å². The standard InChI is InChI=1S/C18H17FN2O.2C2H6/c1-20-17(22)11-15(12-5-3-2-4-6-12)14-9-13-7-8-21-18(13)16(19)10-14;2*1-2/h2-10,15,21H,11H2,1H3,(H,20,22);2*1-2H3. The van der Waals surface area contributed by atoms with Crippen LogP contribution in [0.1, 0.15) is 51.2 Å². The smallest absolute Gasteiger partial charge is 0.220 e. The fraction of sp³-hybridized carbons (Fsp3) is 0.318. The third-order valence-corrected chi connectivity index (χ3v) is 3.91. The maximum atomic E-state index is 14.2. The lowest BCUT2D eigenvalue weighted by Gasteiger charge is -2.18. The Balaban J connectivity index is 0.000000791. The highest BCUT2D eigenvalue weighted by Gasteiger charge is 2.19. The van der Waals surface area contributed by atoms with Crippen molar-refractivity contribution in [1.82, 2.24) is 10.3 Å². The van der Waals surface area contributed by atoms with Crippen LogP contribution in [0, 0.1) is 5.82 Å². The second-order valence-electron chi connectivity index (χ2n) is 5.29. The van der Waals surface area contributed by atoms with E-state index < -0.39 is 0 Å². The van der Waals surface area contributed by atoms with Crippen molar-refractivity contribution in [3.8, 4) is 0 Å². The molecule has 0 saturated heterocycles. The molecule has 1 unspecified atom stereocenters. The van der Waals surface area contributed by atoms with Gasteiger partial charge in [0.25, 0.3) is 0 Å². The highest BCUT2D eigenvalue weighted by atomic mass is 19.1. The monoisotopic (exact) mass is 356 g/mol. The molecule has 3 aromatic rings. The summed E-state index contributed by atoms with van der Waals surface area (Å²) in [5, 5.41) is 3.46. The quantitative estimate of drug-likeness (QED) is 0.625. The summed E-state index contributed by atoms with van der Waals surface area (Å²) in [5.74, 6) is -0.534. The normalized spacial score (nSPS) is 10.8. The van der Waals surface area contributed by atoms with Gasteiger partial charge in [-0.15, -0.1) is 0 Å². The van der Waals surface area contributed by atoms with Gasteiger partial charge in [-0.2, -0.15) is 0 Å². The van der Waals surface area contributed by atoms with Gasteiger partial charge in [-0.3, -0.25) is 4.79 Å². The third-order valence-electron chi connectivity index (χ3n) is 3.91. The van der Waals surface area contributed by atoms with Gasteiger partial charge in [0.2, 0.25) is 5.91 Å². The molecule has 1 heterocycles. The fourth-order valence-corrected chi connectivity index (χ4v) is 2.75. The topological polar surface area (TPSA) is 44.9 Å². The summed E-state index contributed by atoms with van der Waals surface area (Å²) in [6, 6.07) is 15.0. The minimum atomic E-state index is -0.296. The summed E-state index contributed by atoms with van der Waals surface area (Å²) in [6.45, 7) is 8.00. The number of rotatable bonds is 4. The van der Waals surface area contributed by atoms with Crippen molar-refractivity contribution in [2.45, 2.75) is 40.0 Å². The lowest BCUT2D eigenvalue weighted by atomic mass is 9.87. The summed E-state index contributed by atoms with van der Waals surface area (Å²) >= 11 is 0. The Kier molecular flexibility index (Phi) is 9.13. The molecular formula is C22H29FN2O. The third kappa shape index (κ3) is 5.19. The molecule has 3 nitrogen and oxygen atoms in total. The Bertz CT molecular complexity index is 796. The van der Waals surface area contributed by atoms with Gasteiger partial charge in [-0.25, -0.2) is 4.39 Å². The van der Waals surface area contributed by atoms with Gasteiger partial charge in [0.05, 0.1) is 5.52 Å². The highest BCUT2D eigenvalue weighted by Crippen LogP contribution is 2.31. The largest absolute Gasteiger partial charge is 0.359 e. The number of aromatic amines is 1. The van der Waals surface area contributed by atoms with Gasteiger partial charge < -0.3 is 10.3 Å². The van der Waals surface area contributed by atoms with E-state index in [-0.39, 0.29) is 24.1 Å². The lowest BCUT2D eigenvalue weighted by Crippen LogP contribution is -2.21. The predicted molar refractivity (Wildman–Crippen MR) is 108 cm³/mol. The summed E-state index contributed by atoms with van der Waals surface area (Å²) in [6.07, 6.45) is 2.00. The van der Waals surface area contributed by atoms with Gasteiger partial charge in [-0.1, -0.05) is 58.0 Å². The van der Waals surface area contributed by atoms with Crippen molar-refractivity contribution in [1.29, 1.82) is 0 Å². The first-order chi connectivity index (χ1) is 12.7. The number of amides is 1. The average molecular weight is 356 g/mol. The van der Waals surface area contributed by atoms with Crippen LogP contribution in [0.3, 0.4) is 0 Å². The van der Waals surface area contributed by atoms with Gasteiger partial charge >= 0.3 is 0 Å². The molecule has 2 aromatic carbocycles. The lowest BCUT2D eigenvalue weighted by molar-refractivity contribution is -0.120. The van der Waals surface area contributed by atoms with Crippen LogP contribution in [0.4, 0.5) is 4.39 Å². The molecular weight excluding hydrogens is 327 g/mol. The zero-order chi connectivity index (χ0) is 19.5. The number of carbonyl (C=O) groups excluding carboxylic acids is 1. The maximum Gasteiger partial charge on any atom is 0.220 e. The van der Waals surface area contributed by atoms with Crippen molar-refractivity contribution < 1.29 is 9.18 Å². The van der Waals surface area contributed by atoms with Crippen LogP contribution in [-0.2, 0) is 4.79 Å². The Morgan fingerprint density at radius 2 is 1.69 bits per heavy atom. The first-order valence-corrected chi connectivity index (χ1v) is 9.21. The van der Waals surface area contributed by atoms with E-state index in [9.17, 15) is 9.18 Å². The Morgan fingerprint density at radius 1 is 1.04 bits per heavy atom. The predicted octanol–water partition coefficient (Wildman–Crippen LogP) is 5.63. The number of nitrogens with one attached hydrogen (secondary N) is 2. The van der Waals surface area contributed by atoms with Crippen LogP contribution in [0.25, 0.3) is 10.9 Å². The average Bonchev–Trinajstić information content (AvgIpc) is 3.19. The minimum absolute atomic E-state index is 0.0663. The molecule has 0 spiro atoms. The zero-order valence-corrected chi connectivity index (χ0v) is 16.3. The van der Waals surface area contributed by atoms with Crippen molar-refractivity contribution >= 4 is 16.8 Å². The fourth-order valence-electron chi connectivity index (χ4n) is 2.75. The van der Waals surface area contributed by atoms with Crippen molar-refractivity contribution in [3.63, 3.8) is 0 Å². The molecule has 0 aliphatic heterocycles. The summed E-state index contributed by atoms with van der Waals surface area (Å²) in [5.41, 5.74) is 2.30. The number of halogens is 1. The van der Waals surface area contributed by atoms with Crippen molar-refractivity contribution in [3.05, 3.63) is 71.7 Å². The second-order valence-corrected chi connectivity index (χ2v) is 5.29. The first-order valence-electron chi connectivity index (χ1n) is 9.21. The Labute approximate surface area is 155 Å². The zero-order valence-electron chi connectivity index (χ0n) is 16.3. The number of carbonyl (C=O) groups is 1. The number of aromatic nitrogens is 1. The van der Waals surface area contributed by atoms with E-state index >= 15 is 0 Å². The molecule has 0 bridgehead atoms. The molecule has 0 radical (unpaired) electrons. The maximum absolute atomic E-state index is 14.2. The van der Waals surface area contributed by atoms with E-state index in [1.165, 1.54) is 6.07 Å². The highest BCUT2D eigenvalue weighted by molar-refractivity contribution is 5.82. The summed E-state index contributed by atoms with van der Waals surface area (Å²) in [7, 11) is 1.61. The first kappa shape index (κ1) is 21.4. The SMILES string of the molecule is CC.CC.CNC(=O)CC(c1ccccc1)c1cc(F)c2[nH]ccc2c1. The number of fused-ring (bicyclic) bond motifs is 1. The molecule has 1 amide bonds. The van der Waals surface area contributed by atoms with Crippen LogP contribution in [-0.4, -0.2) is 17.9 Å². The van der Waals surface area contributed by atoms with E-state index in [0.717, 1.165) is 16.5 Å². The van der Waals surface area contributed by atoms with Gasteiger partial charge in [0.1, 0.15) is 5.82 Å². The molecule has 0 aliphatic rings. The number of hydrogen-bond donors (Lipinski definition) is 2. The molecule has 2 N–H and O–H groups in total. The molecule has 4 heteroatoms. The molecule has 140 valence electrons. The van der Waals surface area contributed by atoms with Crippen LogP contribution in [0.5, 0.6) is 0 Å². The van der Waals surface area contributed by atoms with Crippen LogP contribution in [0.15, 0.2) is 54.7 Å². The molecule has 3 rings (SSSR count). The Morgan fingerprint density at radius 3 is 2.31 bits per heavy atom. The van der Waals surface area contributed by atoms with Gasteiger partial charge in [0.15, 0.2) is 0 Å². The van der Waals surface area contributed by atoms with Crippen LogP contribution in [0.2, 0.25) is 0 Å².